The Balaban J connectivity index is 1.85. The first-order valence-corrected chi connectivity index (χ1v) is 12.4. The normalized spacial score (nSPS) is 18.9. The molecule has 1 unspecified atom stereocenters. The largest absolute Gasteiger partial charge is 0.464 e. The second-order valence-electron chi connectivity index (χ2n) is 9.42. The standard InChI is InChI=1S/C26H33NO5S/c1-6-29-24(28)22(32-25(3,4)5)20-17(2)33-23(19-9-13-27-14-10-19)21(20)18-7-11-26(12-8-18)30-15-16-31-26/h7,9-10,13-14,22H,6,8,11-12,15-16H2,1-5H3. The van der Waals surface area contributed by atoms with Gasteiger partial charge < -0.3 is 18.9 Å². The molecule has 0 bridgehead atoms. The molecule has 3 heterocycles. The minimum Gasteiger partial charge on any atom is -0.464 e. The van der Waals surface area contributed by atoms with Crippen LogP contribution >= 0.6 is 11.3 Å². The Labute approximate surface area is 199 Å². The molecule has 1 fully saturated rings. The average molecular weight is 472 g/mol. The number of ether oxygens (including phenoxy) is 4. The van der Waals surface area contributed by atoms with Crippen molar-refractivity contribution in [2.24, 2.45) is 0 Å². The summed E-state index contributed by atoms with van der Waals surface area (Å²) in [5.74, 6) is -0.861. The van der Waals surface area contributed by atoms with E-state index in [4.69, 9.17) is 18.9 Å². The van der Waals surface area contributed by atoms with E-state index in [1.165, 1.54) is 5.57 Å². The average Bonchev–Trinajstić information content (AvgIpc) is 3.37. The molecule has 7 heteroatoms. The molecule has 0 N–H and O–H groups in total. The van der Waals surface area contributed by atoms with Crippen LogP contribution < -0.4 is 0 Å². The van der Waals surface area contributed by atoms with Gasteiger partial charge in [-0.05, 0) is 64.3 Å². The number of rotatable bonds is 6. The third-order valence-electron chi connectivity index (χ3n) is 5.88. The smallest absolute Gasteiger partial charge is 0.340 e. The molecule has 1 aliphatic heterocycles. The van der Waals surface area contributed by atoms with Crippen molar-refractivity contribution >= 4 is 22.9 Å². The second-order valence-corrected chi connectivity index (χ2v) is 10.6. The molecule has 0 radical (unpaired) electrons. The van der Waals surface area contributed by atoms with Gasteiger partial charge in [-0.25, -0.2) is 4.79 Å². The lowest BCUT2D eigenvalue weighted by atomic mass is 9.85. The first-order chi connectivity index (χ1) is 15.7. The Kier molecular flexibility index (Phi) is 7.05. The van der Waals surface area contributed by atoms with Gasteiger partial charge in [0.15, 0.2) is 11.9 Å². The minimum atomic E-state index is -0.803. The van der Waals surface area contributed by atoms with Crippen molar-refractivity contribution in [1.29, 1.82) is 0 Å². The van der Waals surface area contributed by atoms with Crippen molar-refractivity contribution < 1.29 is 23.7 Å². The summed E-state index contributed by atoms with van der Waals surface area (Å²) >= 11 is 1.68. The van der Waals surface area contributed by atoms with Crippen LogP contribution in [0.4, 0.5) is 0 Å². The lowest BCUT2D eigenvalue weighted by Crippen LogP contribution is -2.32. The number of hydrogen-bond donors (Lipinski definition) is 0. The molecule has 1 spiro atoms. The minimum absolute atomic E-state index is 0.304. The number of aryl methyl sites for hydroxylation is 1. The topological polar surface area (TPSA) is 66.9 Å². The molecular weight excluding hydrogens is 438 g/mol. The molecule has 0 saturated carbocycles. The highest BCUT2D eigenvalue weighted by molar-refractivity contribution is 7.16. The fourth-order valence-electron chi connectivity index (χ4n) is 4.49. The van der Waals surface area contributed by atoms with Crippen LogP contribution in [-0.4, -0.2) is 42.2 Å². The zero-order chi connectivity index (χ0) is 23.6. The molecule has 178 valence electrons. The number of carbonyl (C=O) groups excluding carboxylic acids is 1. The summed E-state index contributed by atoms with van der Waals surface area (Å²) in [6, 6.07) is 4.02. The lowest BCUT2D eigenvalue weighted by molar-refractivity contribution is -0.167. The molecule has 2 aromatic heterocycles. The van der Waals surface area contributed by atoms with Crippen molar-refractivity contribution in [1.82, 2.24) is 4.98 Å². The highest BCUT2D eigenvalue weighted by Gasteiger charge is 2.40. The molecule has 6 nitrogen and oxygen atoms in total. The van der Waals surface area contributed by atoms with Crippen LogP contribution in [0.3, 0.4) is 0 Å². The molecule has 4 rings (SSSR count). The number of esters is 1. The van der Waals surface area contributed by atoms with E-state index >= 15 is 0 Å². The van der Waals surface area contributed by atoms with E-state index in [2.05, 4.69) is 18.0 Å². The quantitative estimate of drug-likeness (QED) is 0.493. The molecule has 33 heavy (non-hydrogen) atoms. The first kappa shape index (κ1) is 24.1. The predicted molar refractivity (Wildman–Crippen MR) is 129 cm³/mol. The highest BCUT2D eigenvalue weighted by Crippen LogP contribution is 2.48. The van der Waals surface area contributed by atoms with E-state index in [1.807, 2.05) is 39.8 Å². The Morgan fingerprint density at radius 3 is 2.52 bits per heavy atom. The molecular formula is C26H33NO5S. The van der Waals surface area contributed by atoms with Gasteiger partial charge in [-0.15, -0.1) is 11.3 Å². The van der Waals surface area contributed by atoms with E-state index < -0.39 is 17.5 Å². The first-order valence-electron chi connectivity index (χ1n) is 11.6. The third kappa shape index (κ3) is 5.22. The summed E-state index contributed by atoms with van der Waals surface area (Å²) in [4.78, 5) is 19.5. The Morgan fingerprint density at radius 2 is 1.94 bits per heavy atom. The molecule has 0 aromatic carbocycles. The van der Waals surface area contributed by atoms with Gasteiger partial charge in [0.25, 0.3) is 0 Å². The number of pyridine rings is 1. The molecule has 2 aliphatic rings. The molecule has 1 saturated heterocycles. The predicted octanol–water partition coefficient (Wildman–Crippen LogP) is 5.85. The number of carbonyl (C=O) groups is 1. The maximum absolute atomic E-state index is 13.1. The van der Waals surface area contributed by atoms with Gasteiger partial charge in [0, 0.05) is 46.1 Å². The number of allylic oxidation sites excluding steroid dienone is 1. The van der Waals surface area contributed by atoms with Gasteiger partial charge in [-0.3, -0.25) is 4.98 Å². The number of aromatic nitrogens is 1. The maximum Gasteiger partial charge on any atom is 0.340 e. The maximum atomic E-state index is 13.1. The fourth-order valence-corrected chi connectivity index (χ4v) is 5.71. The van der Waals surface area contributed by atoms with Gasteiger partial charge in [-0.1, -0.05) is 6.08 Å². The highest BCUT2D eigenvalue weighted by atomic mass is 32.1. The number of thiophene rings is 1. The van der Waals surface area contributed by atoms with E-state index in [9.17, 15) is 4.79 Å². The van der Waals surface area contributed by atoms with Crippen molar-refractivity contribution in [2.75, 3.05) is 19.8 Å². The Morgan fingerprint density at radius 1 is 1.24 bits per heavy atom. The van der Waals surface area contributed by atoms with Crippen LogP contribution in [0.1, 0.15) is 69.1 Å². The van der Waals surface area contributed by atoms with E-state index in [0.29, 0.717) is 26.2 Å². The SMILES string of the molecule is CCOC(=O)C(OC(C)(C)C)c1c(C)sc(-c2ccncc2)c1C1=CCC2(CC1)OCCO2. The second kappa shape index (κ2) is 9.66. The summed E-state index contributed by atoms with van der Waals surface area (Å²) in [5, 5.41) is 0. The van der Waals surface area contributed by atoms with E-state index in [-0.39, 0.29) is 5.97 Å². The van der Waals surface area contributed by atoms with Gasteiger partial charge >= 0.3 is 5.97 Å². The monoisotopic (exact) mass is 471 g/mol. The molecule has 0 amide bonds. The Bertz CT molecular complexity index is 1020. The van der Waals surface area contributed by atoms with Crippen LogP contribution in [0, 0.1) is 6.92 Å². The molecule has 1 aliphatic carbocycles. The van der Waals surface area contributed by atoms with Crippen molar-refractivity contribution in [2.45, 2.75) is 71.4 Å². The number of nitrogens with zero attached hydrogens (tertiary/aromatic N) is 1. The molecule has 1 atom stereocenters. The zero-order valence-electron chi connectivity index (χ0n) is 20.1. The summed E-state index contributed by atoms with van der Waals surface area (Å²) in [5.41, 5.74) is 3.72. The van der Waals surface area contributed by atoms with Crippen LogP contribution in [0.5, 0.6) is 0 Å². The zero-order valence-corrected chi connectivity index (χ0v) is 20.9. The third-order valence-corrected chi connectivity index (χ3v) is 7.05. The summed E-state index contributed by atoms with van der Waals surface area (Å²) in [6.07, 6.45) is 7.28. The van der Waals surface area contributed by atoms with Crippen LogP contribution in [0.25, 0.3) is 16.0 Å². The van der Waals surface area contributed by atoms with Gasteiger partial charge in [0.1, 0.15) is 0 Å². The van der Waals surface area contributed by atoms with Gasteiger partial charge in [0.05, 0.1) is 25.4 Å². The van der Waals surface area contributed by atoms with Gasteiger partial charge in [0.2, 0.25) is 0 Å². The van der Waals surface area contributed by atoms with Crippen molar-refractivity contribution in [3.63, 3.8) is 0 Å². The van der Waals surface area contributed by atoms with E-state index in [1.54, 1.807) is 23.7 Å². The van der Waals surface area contributed by atoms with E-state index in [0.717, 1.165) is 39.3 Å². The lowest BCUT2D eigenvalue weighted by Gasteiger charge is -2.32. The summed E-state index contributed by atoms with van der Waals surface area (Å²) in [6.45, 7) is 11.3. The van der Waals surface area contributed by atoms with Crippen LogP contribution in [0.15, 0.2) is 30.6 Å². The van der Waals surface area contributed by atoms with Gasteiger partial charge in [-0.2, -0.15) is 0 Å². The summed E-state index contributed by atoms with van der Waals surface area (Å²) < 4.78 is 23.7. The van der Waals surface area contributed by atoms with Crippen LogP contribution in [0.2, 0.25) is 0 Å². The molecule has 2 aromatic rings. The van der Waals surface area contributed by atoms with Crippen molar-refractivity contribution in [3.05, 3.63) is 46.6 Å². The van der Waals surface area contributed by atoms with Crippen molar-refractivity contribution in [3.8, 4) is 10.4 Å². The Hall–Kier alpha value is -2.06. The number of hydrogen-bond acceptors (Lipinski definition) is 7. The van der Waals surface area contributed by atoms with Crippen LogP contribution in [-0.2, 0) is 23.7 Å². The fraction of sp³-hybridized carbons (Fsp3) is 0.538. The summed E-state index contributed by atoms with van der Waals surface area (Å²) in [7, 11) is 0.